The van der Waals surface area contributed by atoms with Crippen molar-refractivity contribution in [2.75, 3.05) is 18.5 Å². The molecule has 2 N–H and O–H groups in total. The SMILES string of the molecule is CCCCCOc1ccc(C(=O)Nc2sc3c(c2C(=O)NCCc2ccccc2)CCCC3)cc1. The van der Waals surface area contributed by atoms with Gasteiger partial charge in [0, 0.05) is 17.0 Å². The largest absolute Gasteiger partial charge is 0.494 e. The predicted octanol–water partition coefficient (Wildman–Crippen LogP) is 6.42. The molecule has 0 saturated carbocycles. The lowest BCUT2D eigenvalue weighted by molar-refractivity contribution is 0.0954. The van der Waals surface area contributed by atoms with E-state index in [1.807, 2.05) is 30.3 Å². The smallest absolute Gasteiger partial charge is 0.256 e. The molecule has 3 aromatic rings. The molecule has 1 aliphatic carbocycles. The lowest BCUT2D eigenvalue weighted by atomic mass is 9.95. The summed E-state index contributed by atoms with van der Waals surface area (Å²) in [6, 6.07) is 17.3. The van der Waals surface area contributed by atoms with Gasteiger partial charge >= 0.3 is 0 Å². The van der Waals surface area contributed by atoms with Gasteiger partial charge in [-0.1, -0.05) is 50.1 Å². The Morgan fingerprint density at radius 1 is 0.943 bits per heavy atom. The standard InChI is InChI=1S/C29H34N2O3S/c1-2-3-9-20-34-23-16-14-22(15-17-23)27(32)31-29-26(24-12-7-8-13-25(24)35-29)28(33)30-19-18-21-10-5-4-6-11-21/h4-6,10-11,14-17H,2-3,7-9,12-13,18-20H2,1H3,(H,30,33)(H,31,32). The Morgan fingerprint density at radius 2 is 1.71 bits per heavy atom. The second kappa shape index (κ2) is 12.5. The number of nitrogens with one attached hydrogen (secondary N) is 2. The minimum atomic E-state index is -0.209. The normalized spacial score (nSPS) is 12.6. The van der Waals surface area contributed by atoms with E-state index < -0.39 is 0 Å². The van der Waals surface area contributed by atoms with Gasteiger partial charge in [-0.05, 0) is 73.9 Å². The zero-order chi connectivity index (χ0) is 24.5. The van der Waals surface area contributed by atoms with Gasteiger partial charge in [-0.3, -0.25) is 9.59 Å². The maximum absolute atomic E-state index is 13.2. The molecule has 0 spiro atoms. The minimum absolute atomic E-state index is 0.105. The molecule has 4 rings (SSSR count). The van der Waals surface area contributed by atoms with Crippen LogP contribution in [-0.2, 0) is 19.3 Å². The monoisotopic (exact) mass is 490 g/mol. The van der Waals surface area contributed by atoms with E-state index in [1.54, 1.807) is 23.5 Å². The Bertz CT molecular complexity index is 1120. The van der Waals surface area contributed by atoms with E-state index in [1.165, 1.54) is 10.4 Å². The first-order chi connectivity index (χ1) is 17.2. The summed E-state index contributed by atoms with van der Waals surface area (Å²) in [5, 5.41) is 6.76. The molecule has 0 radical (unpaired) electrons. The minimum Gasteiger partial charge on any atom is -0.494 e. The summed E-state index contributed by atoms with van der Waals surface area (Å²) in [6.45, 7) is 3.40. The second-order valence-corrected chi connectivity index (χ2v) is 10.0. The molecular formula is C29H34N2O3S. The highest BCUT2D eigenvalue weighted by molar-refractivity contribution is 7.17. The molecule has 1 aliphatic rings. The number of amides is 2. The summed E-state index contributed by atoms with van der Waals surface area (Å²) >= 11 is 1.54. The number of hydrogen-bond acceptors (Lipinski definition) is 4. The van der Waals surface area contributed by atoms with E-state index >= 15 is 0 Å². The summed E-state index contributed by atoms with van der Waals surface area (Å²) in [4.78, 5) is 27.5. The van der Waals surface area contributed by atoms with Crippen LogP contribution in [0.15, 0.2) is 54.6 Å². The first-order valence-corrected chi connectivity index (χ1v) is 13.5. The fraction of sp³-hybridized carbons (Fsp3) is 0.379. The molecule has 1 aromatic heterocycles. The van der Waals surface area contributed by atoms with Crippen LogP contribution in [0.2, 0.25) is 0 Å². The van der Waals surface area contributed by atoms with Gasteiger partial charge in [-0.15, -0.1) is 11.3 Å². The Labute approximate surface area is 211 Å². The van der Waals surface area contributed by atoms with Crippen molar-refractivity contribution in [3.8, 4) is 5.75 Å². The van der Waals surface area contributed by atoms with Crippen LogP contribution in [0.4, 0.5) is 5.00 Å². The average molecular weight is 491 g/mol. The molecular weight excluding hydrogens is 456 g/mol. The number of unbranched alkanes of at least 4 members (excludes halogenated alkanes) is 2. The Hall–Kier alpha value is -3.12. The van der Waals surface area contributed by atoms with Gasteiger partial charge < -0.3 is 15.4 Å². The third-order valence-corrected chi connectivity index (χ3v) is 7.51. The van der Waals surface area contributed by atoms with Crippen LogP contribution >= 0.6 is 11.3 Å². The highest BCUT2D eigenvalue weighted by atomic mass is 32.1. The summed E-state index contributed by atoms with van der Waals surface area (Å²) in [5.74, 6) is 0.452. The van der Waals surface area contributed by atoms with Crippen molar-refractivity contribution in [3.05, 3.63) is 81.7 Å². The van der Waals surface area contributed by atoms with E-state index in [0.29, 0.717) is 29.3 Å². The zero-order valence-electron chi connectivity index (χ0n) is 20.4. The fourth-order valence-electron chi connectivity index (χ4n) is 4.37. The third-order valence-electron chi connectivity index (χ3n) is 6.30. The number of carbonyl (C=O) groups is 2. The van der Waals surface area contributed by atoms with Crippen LogP contribution in [-0.4, -0.2) is 25.0 Å². The van der Waals surface area contributed by atoms with Gasteiger partial charge in [0.25, 0.3) is 11.8 Å². The Kier molecular flexibility index (Phi) is 8.96. The molecule has 184 valence electrons. The van der Waals surface area contributed by atoms with Crippen LogP contribution in [0, 0.1) is 0 Å². The first-order valence-electron chi connectivity index (χ1n) is 12.7. The Balaban J connectivity index is 1.42. The van der Waals surface area contributed by atoms with Gasteiger partial charge in [0.1, 0.15) is 10.8 Å². The molecule has 6 heteroatoms. The number of ether oxygens (including phenoxy) is 1. The molecule has 2 amide bonds. The van der Waals surface area contributed by atoms with Crippen molar-refractivity contribution in [2.24, 2.45) is 0 Å². The van der Waals surface area contributed by atoms with Gasteiger partial charge in [0.05, 0.1) is 12.2 Å². The van der Waals surface area contributed by atoms with Crippen LogP contribution in [0.1, 0.15) is 75.7 Å². The second-order valence-electron chi connectivity index (χ2n) is 8.94. The van der Waals surface area contributed by atoms with Crippen molar-refractivity contribution in [3.63, 3.8) is 0 Å². The van der Waals surface area contributed by atoms with Crippen LogP contribution in [0.25, 0.3) is 0 Å². The number of thiophene rings is 1. The van der Waals surface area contributed by atoms with Crippen LogP contribution < -0.4 is 15.4 Å². The topological polar surface area (TPSA) is 67.4 Å². The molecule has 0 fully saturated rings. The first kappa shape index (κ1) is 25.0. The molecule has 5 nitrogen and oxygen atoms in total. The number of hydrogen-bond donors (Lipinski definition) is 2. The third kappa shape index (κ3) is 6.73. The van der Waals surface area contributed by atoms with E-state index in [2.05, 4.69) is 29.7 Å². The summed E-state index contributed by atoms with van der Waals surface area (Å²) < 4.78 is 5.75. The Morgan fingerprint density at radius 3 is 2.49 bits per heavy atom. The highest BCUT2D eigenvalue weighted by Crippen LogP contribution is 2.38. The molecule has 0 unspecified atom stereocenters. The van der Waals surface area contributed by atoms with Crippen molar-refractivity contribution in [1.29, 1.82) is 0 Å². The summed E-state index contributed by atoms with van der Waals surface area (Å²) in [5.41, 5.74) is 3.48. The number of benzene rings is 2. The molecule has 1 heterocycles. The van der Waals surface area contributed by atoms with Gasteiger partial charge in [-0.25, -0.2) is 0 Å². The van der Waals surface area contributed by atoms with E-state index in [-0.39, 0.29) is 11.8 Å². The van der Waals surface area contributed by atoms with Crippen LogP contribution in [0.5, 0.6) is 5.75 Å². The molecule has 0 aliphatic heterocycles. The van der Waals surface area contributed by atoms with Crippen molar-refractivity contribution >= 4 is 28.2 Å². The molecule has 35 heavy (non-hydrogen) atoms. The maximum atomic E-state index is 13.2. The van der Waals surface area contributed by atoms with Crippen molar-refractivity contribution in [2.45, 2.75) is 58.3 Å². The lowest BCUT2D eigenvalue weighted by Crippen LogP contribution is -2.27. The van der Waals surface area contributed by atoms with E-state index in [0.717, 1.165) is 62.7 Å². The molecule has 0 saturated heterocycles. The molecule has 0 atom stereocenters. The van der Waals surface area contributed by atoms with Gasteiger partial charge in [0.15, 0.2) is 0 Å². The fourth-order valence-corrected chi connectivity index (χ4v) is 5.65. The predicted molar refractivity (Wildman–Crippen MR) is 143 cm³/mol. The van der Waals surface area contributed by atoms with E-state index in [4.69, 9.17) is 4.74 Å². The number of fused-ring (bicyclic) bond motifs is 1. The van der Waals surface area contributed by atoms with Gasteiger partial charge in [0.2, 0.25) is 0 Å². The zero-order valence-corrected chi connectivity index (χ0v) is 21.2. The molecule has 2 aromatic carbocycles. The van der Waals surface area contributed by atoms with Crippen molar-refractivity contribution in [1.82, 2.24) is 5.32 Å². The highest BCUT2D eigenvalue weighted by Gasteiger charge is 2.26. The lowest BCUT2D eigenvalue weighted by Gasteiger charge is -2.13. The van der Waals surface area contributed by atoms with Crippen molar-refractivity contribution < 1.29 is 14.3 Å². The van der Waals surface area contributed by atoms with Gasteiger partial charge in [-0.2, -0.15) is 0 Å². The number of anilines is 1. The molecule has 0 bridgehead atoms. The summed E-state index contributed by atoms with van der Waals surface area (Å²) in [6.07, 6.45) is 8.13. The van der Waals surface area contributed by atoms with Crippen LogP contribution in [0.3, 0.4) is 0 Å². The summed E-state index contributed by atoms with van der Waals surface area (Å²) in [7, 11) is 0. The average Bonchev–Trinajstić information content (AvgIpc) is 3.25. The number of aryl methyl sites for hydroxylation is 1. The number of carbonyl (C=O) groups excluding carboxylic acids is 2. The maximum Gasteiger partial charge on any atom is 0.256 e. The number of rotatable bonds is 11. The quantitative estimate of drug-likeness (QED) is 0.305. The van der Waals surface area contributed by atoms with E-state index in [9.17, 15) is 9.59 Å².